The lowest BCUT2D eigenvalue weighted by Gasteiger charge is -2.26. The van der Waals surface area contributed by atoms with Gasteiger partial charge in [-0.25, -0.2) is 8.42 Å². The molecule has 0 atom stereocenters. The Balaban J connectivity index is 1.68. The predicted molar refractivity (Wildman–Crippen MR) is 106 cm³/mol. The van der Waals surface area contributed by atoms with Crippen LogP contribution in [0.15, 0.2) is 4.99 Å². The second-order valence-corrected chi connectivity index (χ2v) is 9.25. The van der Waals surface area contributed by atoms with E-state index in [4.69, 9.17) is 4.74 Å². The molecule has 0 amide bonds. The van der Waals surface area contributed by atoms with Gasteiger partial charge in [-0.15, -0.1) is 0 Å². The average molecular weight is 389 g/mol. The summed E-state index contributed by atoms with van der Waals surface area (Å²) < 4.78 is 31.4. The number of rotatable bonds is 9. The number of hydrogen-bond donors (Lipinski definition) is 2. The van der Waals surface area contributed by atoms with Gasteiger partial charge in [-0.3, -0.25) is 4.99 Å². The molecular formula is C18H36N4O3S. The highest BCUT2D eigenvalue weighted by molar-refractivity contribution is 7.89. The SMILES string of the molecule is CCNC(=NCCCC1CCCCC1)NCCS(=O)(=O)N1CCOCC1. The maximum atomic E-state index is 12.3. The summed E-state index contributed by atoms with van der Waals surface area (Å²) >= 11 is 0. The Bertz CT molecular complexity index is 513. The van der Waals surface area contributed by atoms with E-state index in [0.29, 0.717) is 38.8 Å². The lowest BCUT2D eigenvalue weighted by molar-refractivity contribution is 0.0730. The van der Waals surface area contributed by atoms with Gasteiger partial charge in [0, 0.05) is 32.7 Å². The van der Waals surface area contributed by atoms with Crippen LogP contribution < -0.4 is 10.6 Å². The van der Waals surface area contributed by atoms with Crippen molar-refractivity contribution in [3.05, 3.63) is 0 Å². The molecule has 0 spiro atoms. The fourth-order valence-electron chi connectivity index (χ4n) is 3.64. The number of ether oxygens (including phenoxy) is 1. The van der Waals surface area contributed by atoms with Gasteiger partial charge >= 0.3 is 0 Å². The summed E-state index contributed by atoms with van der Waals surface area (Å²) in [6.07, 6.45) is 9.28. The van der Waals surface area contributed by atoms with Gasteiger partial charge in [0.05, 0.1) is 19.0 Å². The van der Waals surface area contributed by atoms with Gasteiger partial charge in [0.2, 0.25) is 10.0 Å². The van der Waals surface area contributed by atoms with Crippen LogP contribution in [0.3, 0.4) is 0 Å². The van der Waals surface area contributed by atoms with Gasteiger partial charge in [-0.2, -0.15) is 4.31 Å². The first-order valence-electron chi connectivity index (χ1n) is 10.2. The van der Waals surface area contributed by atoms with Crippen LogP contribution in [0.4, 0.5) is 0 Å². The van der Waals surface area contributed by atoms with E-state index in [-0.39, 0.29) is 5.75 Å². The first-order valence-corrected chi connectivity index (χ1v) is 11.8. The minimum Gasteiger partial charge on any atom is -0.379 e. The van der Waals surface area contributed by atoms with E-state index in [9.17, 15) is 8.42 Å². The third-order valence-corrected chi connectivity index (χ3v) is 7.00. The molecule has 1 saturated carbocycles. The molecule has 0 aromatic rings. The third kappa shape index (κ3) is 7.80. The zero-order valence-corrected chi connectivity index (χ0v) is 17.0. The number of sulfonamides is 1. The molecule has 2 fully saturated rings. The maximum absolute atomic E-state index is 12.3. The number of aliphatic imine (C=N–C) groups is 1. The molecule has 8 heteroatoms. The molecule has 0 aromatic carbocycles. The Morgan fingerprint density at radius 2 is 1.88 bits per heavy atom. The predicted octanol–water partition coefficient (Wildman–Crippen LogP) is 1.56. The number of morpholine rings is 1. The smallest absolute Gasteiger partial charge is 0.215 e. The van der Waals surface area contributed by atoms with Crippen molar-refractivity contribution in [2.24, 2.45) is 10.9 Å². The largest absolute Gasteiger partial charge is 0.379 e. The molecule has 1 aliphatic heterocycles. The normalized spacial score (nSPS) is 20.9. The summed E-state index contributed by atoms with van der Waals surface area (Å²) in [6, 6.07) is 0. The molecule has 1 aliphatic carbocycles. The second-order valence-electron chi connectivity index (χ2n) is 7.16. The summed E-state index contributed by atoms with van der Waals surface area (Å²) in [7, 11) is -3.23. The van der Waals surface area contributed by atoms with Crippen LogP contribution in [-0.2, 0) is 14.8 Å². The van der Waals surface area contributed by atoms with Crippen LogP contribution in [0.25, 0.3) is 0 Å². The van der Waals surface area contributed by atoms with E-state index in [1.807, 2.05) is 6.92 Å². The highest BCUT2D eigenvalue weighted by Gasteiger charge is 2.23. The van der Waals surface area contributed by atoms with E-state index in [0.717, 1.165) is 25.4 Å². The minimum absolute atomic E-state index is 0.0828. The standard InChI is InChI=1S/C18H36N4O3S/c1-2-19-18(20-10-6-9-17-7-4-3-5-8-17)21-11-16-26(23,24)22-12-14-25-15-13-22/h17H,2-16H2,1H3,(H2,19,20,21). The number of guanidine groups is 1. The van der Waals surface area contributed by atoms with E-state index in [1.165, 1.54) is 42.8 Å². The Morgan fingerprint density at radius 3 is 2.58 bits per heavy atom. The van der Waals surface area contributed by atoms with Crippen molar-refractivity contribution < 1.29 is 13.2 Å². The van der Waals surface area contributed by atoms with Crippen molar-refractivity contribution in [3.8, 4) is 0 Å². The number of nitrogens with one attached hydrogen (secondary N) is 2. The molecule has 0 bridgehead atoms. The Morgan fingerprint density at radius 1 is 1.15 bits per heavy atom. The summed E-state index contributed by atoms with van der Waals surface area (Å²) in [5.74, 6) is 1.68. The van der Waals surface area contributed by atoms with Crippen LogP contribution in [0.2, 0.25) is 0 Å². The van der Waals surface area contributed by atoms with E-state index < -0.39 is 10.0 Å². The maximum Gasteiger partial charge on any atom is 0.215 e. The highest BCUT2D eigenvalue weighted by Crippen LogP contribution is 2.27. The number of hydrogen-bond acceptors (Lipinski definition) is 4. The lowest BCUT2D eigenvalue weighted by Crippen LogP contribution is -2.45. The van der Waals surface area contributed by atoms with Crippen molar-refractivity contribution in [1.29, 1.82) is 0 Å². The first-order chi connectivity index (χ1) is 12.6. The fraction of sp³-hybridized carbons (Fsp3) is 0.944. The van der Waals surface area contributed by atoms with Gasteiger partial charge in [-0.05, 0) is 25.7 Å². The molecule has 0 radical (unpaired) electrons. The van der Waals surface area contributed by atoms with Crippen LogP contribution in [0, 0.1) is 5.92 Å². The van der Waals surface area contributed by atoms with Gasteiger partial charge in [0.25, 0.3) is 0 Å². The van der Waals surface area contributed by atoms with E-state index in [2.05, 4.69) is 15.6 Å². The molecular weight excluding hydrogens is 352 g/mol. The molecule has 1 saturated heterocycles. The molecule has 0 aromatic heterocycles. The molecule has 26 heavy (non-hydrogen) atoms. The fourth-order valence-corrected chi connectivity index (χ4v) is 4.96. The zero-order chi connectivity index (χ0) is 18.7. The summed E-state index contributed by atoms with van der Waals surface area (Å²) in [5.41, 5.74) is 0. The Kier molecular flexibility index (Phi) is 9.71. The van der Waals surface area contributed by atoms with Crippen molar-refractivity contribution in [2.75, 3.05) is 51.7 Å². The molecule has 2 N–H and O–H groups in total. The number of nitrogens with zero attached hydrogens (tertiary/aromatic N) is 2. The molecule has 7 nitrogen and oxygen atoms in total. The van der Waals surface area contributed by atoms with E-state index >= 15 is 0 Å². The average Bonchev–Trinajstić information content (AvgIpc) is 2.66. The summed E-state index contributed by atoms with van der Waals surface area (Å²) in [4.78, 5) is 4.60. The van der Waals surface area contributed by atoms with Crippen LogP contribution in [0.1, 0.15) is 51.9 Å². The summed E-state index contributed by atoms with van der Waals surface area (Å²) in [5, 5.41) is 6.35. The van der Waals surface area contributed by atoms with Crippen molar-refractivity contribution in [2.45, 2.75) is 51.9 Å². The van der Waals surface area contributed by atoms with Crippen molar-refractivity contribution in [1.82, 2.24) is 14.9 Å². The Hall–Kier alpha value is -0.860. The highest BCUT2D eigenvalue weighted by atomic mass is 32.2. The monoisotopic (exact) mass is 388 g/mol. The van der Waals surface area contributed by atoms with Gasteiger partial charge in [0.1, 0.15) is 0 Å². The van der Waals surface area contributed by atoms with Crippen molar-refractivity contribution >= 4 is 16.0 Å². The lowest BCUT2D eigenvalue weighted by atomic mass is 9.86. The van der Waals surface area contributed by atoms with Crippen molar-refractivity contribution in [3.63, 3.8) is 0 Å². The molecule has 0 unspecified atom stereocenters. The quantitative estimate of drug-likeness (QED) is 0.356. The topological polar surface area (TPSA) is 83.0 Å². The third-order valence-electron chi connectivity index (χ3n) is 5.13. The minimum atomic E-state index is -3.23. The summed E-state index contributed by atoms with van der Waals surface area (Å²) in [6.45, 7) is 5.83. The van der Waals surface area contributed by atoms with E-state index in [1.54, 1.807) is 0 Å². The Labute approximate surface area is 159 Å². The zero-order valence-electron chi connectivity index (χ0n) is 16.2. The molecule has 152 valence electrons. The van der Waals surface area contributed by atoms with Gasteiger partial charge < -0.3 is 15.4 Å². The first kappa shape index (κ1) is 21.4. The van der Waals surface area contributed by atoms with Crippen LogP contribution >= 0.6 is 0 Å². The molecule has 2 rings (SSSR count). The second kappa shape index (κ2) is 11.8. The van der Waals surface area contributed by atoms with Gasteiger partial charge in [-0.1, -0.05) is 32.1 Å². The van der Waals surface area contributed by atoms with Crippen LogP contribution in [-0.4, -0.2) is 70.4 Å². The van der Waals surface area contributed by atoms with Crippen LogP contribution in [0.5, 0.6) is 0 Å². The molecule has 1 heterocycles. The van der Waals surface area contributed by atoms with Gasteiger partial charge in [0.15, 0.2) is 5.96 Å². The molecule has 2 aliphatic rings.